The summed E-state index contributed by atoms with van der Waals surface area (Å²) in [6.45, 7) is 1.38. The van der Waals surface area contributed by atoms with Gasteiger partial charge in [-0.1, -0.05) is 12.2 Å². The molecule has 1 heterocycles. The lowest BCUT2D eigenvalue weighted by Crippen LogP contribution is -2.22. The van der Waals surface area contributed by atoms with Gasteiger partial charge in [-0.25, -0.2) is 8.78 Å². The average molecular weight is 260 g/mol. The third-order valence-electron chi connectivity index (χ3n) is 4.08. The Bertz CT molecular complexity index is 535. The predicted molar refractivity (Wildman–Crippen MR) is 68.6 cm³/mol. The Balaban J connectivity index is 1.90. The van der Waals surface area contributed by atoms with Crippen LogP contribution in [0.15, 0.2) is 24.3 Å². The summed E-state index contributed by atoms with van der Waals surface area (Å²) in [5, 5.41) is 8.71. The fourth-order valence-electron chi connectivity index (χ4n) is 3.13. The Morgan fingerprint density at radius 1 is 1.05 bits per heavy atom. The van der Waals surface area contributed by atoms with E-state index in [2.05, 4.69) is 12.2 Å². The molecule has 1 aliphatic heterocycles. The van der Waals surface area contributed by atoms with E-state index in [1.807, 2.05) is 0 Å². The van der Waals surface area contributed by atoms with Gasteiger partial charge in [0.2, 0.25) is 0 Å². The molecule has 1 aromatic carbocycles. The van der Waals surface area contributed by atoms with E-state index in [1.54, 1.807) is 11.0 Å². The molecule has 0 spiro atoms. The van der Waals surface area contributed by atoms with Gasteiger partial charge in [-0.2, -0.15) is 5.26 Å². The maximum Gasteiger partial charge on any atom is 0.150 e. The van der Waals surface area contributed by atoms with E-state index in [9.17, 15) is 8.78 Å². The third kappa shape index (κ3) is 2.10. The molecule has 2 unspecified atom stereocenters. The number of rotatable bonds is 1. The summed E-state index contributed by atoms with van der Waals surface area (Å²) in [6.07, 6.45) is 6.27. The van der Waals surface area contributed by atoms with Crippen LogP contribution in [0.1, 0.15) is 18.4 Å². The third-order valence-corrected chi connectivity index (χ3v) is 4.08. The van der Waals surface area contributed by atoms with E-state index in [-0.39, 0.29) is 11.3 Å². The number of benzene rings is 1. The van der Waals surface area contributed by atoms with E-state index in [0.29, 0.717) is 24.9 Å². The lowest BCUT2D eigenvalue weighted by atomic mass is 9.86. The Morgan fingerprint density at radius 2 is 1.58 bits per heavy atom. The lowest BCUT2D eigenvalue weighted by Gasteiger charge is -2.20. The Kier molecular flexibility index (Phi) is 2.98. The van der Waals surface area contributed by atoms with E-state index in [0.717, 1.165) is 25.0 Å². The van der Waals surface area contributed by atoms with Gasteiger partial charge in [-0.05, 0) is 36.8 Å². The standard InChI is InChI=1S/C15H14F2N2/c16-13-5-10(7-18)6-14(17)15(13)19-8-11-3-1-2-4-12(11)9-19/h1-2,5-6,11-12H,3-4,8-9H2. The number of nitriles is 1. The van der Waals surface area contributed by atoms with Crippen molar-refractivity contribution in [3.8, 4) is 6.07 Å². The zero-order valence-corrected chi connectivity index (χ0v) is 10.4. The van der Waals surface area contributed by atoms with Crippen molar-refractivity contribution in [1.29, 1.82) is 5.26 Å². The van der Waals surface area contributed by atoms with Crippen LogP contribution >= 0.6 is 0 Å². The van der Waals surface area contributed by atoms with Crippen molar-refractivity contribution >= 4 is 5.69 Å². The molecule has 3 rings (SSSR count). The Labute approximate surface area is 110 Å². The maximum atomic E-state index is 14.0. The second-order valence-electron chi connectivity index (χ2n) is 5.27. The first-order valence-electron chi connectivity index (χ1n) is 6.48. The van der Waals surface area contributed by atoms with Crippen LogP contribution in [0.2, 0.25) is 0 Å². The molecule has 1 aromatic rings. The van der Waals surface area contributed by atoms with Crippen LogP contribution < -0.4 is 4.90 Å². The van der Waals surface area contributed by atoms with Crippen molar-refractivity contribution < 1.29 is 8.78 Å². The van der Waals surface area contributed by atoms with E-state index >= 15 is 0 Å². The van der Waals surface area contributed by atoms with Crippen LogP contribution in [0.25, 0.3) is 0 Å². The number of allylic oxidation sites excluding steroid dienone is 2. The van der Waals surface area contributed by atoms with Crippen LogP contribution in [0.5, 0.6) is 0 Å². The number of nitrogens with zero attached hydrogens (tertiary/aromatic N) is 2. The van der Waals surface area contributed by atoms with Gasteiger partial charge in [-0.3, -0.25) is 0 Å². The molecular formula is C15H14F2N2. The summed E-state index contributed by atoms with van der Waals surface area (Å²) in [6, 6.07) is 3.99. The van der Waals surface area contributed by atoms with Crippen molar-refractivity contribution in [2.24, 2.45) is 11.8 Å². The molecule has 0 amide bonds. The van der Waals surface area contributed by atoms with Crippen LogP contribution in [0.3, 0.4) is 0 Å². The van der Waals surface area contributed by atoms with E-state index in [1.165, 1.54) is 0 Å². The summed E-state index contributed by atoms with van der Waals surface area (Å²) in [4.78, 5) is 1.79. The fourth-order valence-corrected chi connectivity index (χ4v) is 3.13. The van der Waals surface area contributed by atoms with E-state index in [4.69, 9.17) is 5.26 Å². The van der Waals surface area contributed by atoms with Crippen molar-refractivity contribution in [2.45, 2.75) is 12.8 Å². The highest BCUT2D eigenvalue weighted by atomic mass is 19.1. The Morgan fingerprint density at radius 3 is 2.05 bits per heavy atom. The summed E-state index contributed by atoms with van der Waals surface area (Å²) >= 11 is 0. The SMILES string of the molecule is N#Cc1cc(F)c(N2CC3CC=CCC3C2)c(F)c1. The largest absolute Gasteiger partial charge is 0.366 e. The molecule has 2 nitrogen and oxygen atoms in total. The molecule has 19 heavy (non-hydrogen) atoms. The minimum atomic E-state index is -0.636. The van der Waals surface area contributed by atoms with Crippen molar-refractivity contribution in [1.82, 2.24) is 0 Å². The smallest absolute Gasteiger partial charge is 0.150 e. The van der Waals surface area contributed by atoms with Crippen LogP contribution in [0.4, 0.5) is 14.5 Å². The first kappa shape index (κ1) is 12.2. The zero-order chi connectivity index (χ0) is 13.4. The lowest BCUT2D eigenvalue weighted by molar-refractivity contribution is 0.411. The highest BCUT2D eigenvalue weighted by Gasteiger charge is 2.35. The molecule has 2 atom stereocenters. The minimum Gasteiger partial charge on any atom is -0.366 e. The van der Waals surface area contributed by atoms with Crippen LogP contribution in [0, 0.1) is 34.8 Å². The molecule has 0 aromatic heterocycles. The van der Waals surface area contributed by atoms with Gasteiger partial charge in [-0.15, -0.1) is 0 Å². The molecule has 1 saturated heterocycles. The first-order chi connectivity index (χ1) is 9.19. The summed E-state index contributed by atoms with van der Waals surface area (Å²) in [7, 11) is 0. The van der Waals surface area contributed by atoms with Gasteiger partial charge in [0.1, 0.15) is 5.69 Å². The maximum absolute atomic E-state index is 14.0. The van der Waals surface area contributed by atoms with Crippen LogP contribution in [-0.2, 0) is 0 Å². The molecule has 1 fully saturated rings. The van der Waals surface area contributed by atoms with Crippen molar-refractivity contribution in [2.75, 3.05) is 18.0 Å². The van der Waals surface area contributed by atoms with Gasteiger partial charge < -0.3 is 4.90 Å². The first-order valence-corrected chi connectivity index (χ1v) is 6.48. The predicted octanol–water partition coefficient (Wildman–Crippen LogP) is 3.24. The van der Waals surface area contributed by atoms with E-state index < -0.39 is 11.6 Å². The highest BCUT2D eigenvalue weighted by Crippen LogP contribution is 2.37. The number of fused-ring (bicyclic) bond motifs is 1. The summed E-state index contributed by atoms with van der Waals surface area (Å²) in [5.41, 5.74) is 0.0467. The zero-order valence-electron chi connectivity index (χ0n) is 10.4. The van der Waals surface area contributed by atoms with Gasteiger partial charge in [0.05, 0.1) is 11.6 Å². The van der Waals surface area contributed by atoms with Crippen LogP contribution in [-0.4, -0.2) is 13.1 Å². The number of hydrogen-bond donors (Lipinski definition) is 0. The molecule has 0 radical (unpaired) electrons. The van der Waals surface area contributed by atoms with Gasteiger partial charge in [0, 0.05) is 13.1 Å². The van der Waals surface area contributed by atoms with Gasteiger partial charge in [0.25, 0.3) is 0 Å². The normalized spacial score (nSPS) is 25.2. The van der Waals surface area contributed by atoms with Crippen molar-refractivity contribution in [3.63, 3.8) is 0 Å². The topological polar surface area (TPSA) is 27.0 Å². The second kappa shape index (κ2) is 4.65. The minimum absolute atomic E-state index is 0.0217. The molecule has 0 bridgehead atoms. The molecule has 0 saturated carbocycles. The fraction of sp³-hybridized carbons (Fsp3) is 0.400. The van der Waals surface area contributed by atoms with Crippen molar-refractivity contribution in [3.05, 3.63) is 41.5 Å². The Hall–Kier alpha value is -1.89. The molecule has 0 N–H and O–H groups in total. The number of hydrogen-bond acceptors (Lipinski definition) is 2. The summed E-state index contributed by atoms with van der Waals surface area (Å²) in [5.74, 6) is -0.301. The number of halogens is 2. The monoisotopic (exact) mass is 260 g/mol. The van der Waals surface area contributed by atoms with Gasteiger partial charge in [0.15, 0.2) is 11.6 Å². The second-order valence-corrected chi connectivity index (χ2v) is 5.27. The number of anilines is 1. The highest BCUT2D eigenvalue weighted by molar-refractivity contribution is 5.53. The summed E-state index contributed by atoms with van der Waals surface area (Å²) < 4.78 is 28.0. The average Bonchev–Trinajstić information content (AvgIpc) is 2.80. The molecule has 1 aliphatic carbocycles. The quantitative estimate of drug-likeness (QED) is 0.725. The molecular weight excluding hydrogens is 246 g/mol. The molecule has 2 aliphatic rings. The molecule has 4 heteroatoms. The molecule has 98 valence electrons. The van der Waals surface area contributed by atoms with Gasteiger partial charge >= 0.3 is 0 Å².